The fraction of sp³-hybridized carbons (Fsp3) is 0.462. The molecule has 0 bridgehead atoms. The normalized spacial score (nSPS) is 11.8. The lowest BCUT2D eigenvalue weighted by atomic mass is 10.1. The van der Waals surface area contributed by atoms with Crippen LogP contribution in [0.3, 0.4) is 0 Å². The summed E-state index contributed by atoms with van der Waals surface area (Å²) in [6.07, 6.45) is -0.576. The Morgan fingerprint density at radius 2 is 1.95 bits per heavy atom. The number of halogens is 1. The van der Waals surface area contributed by atoms with Crippen LogP contribution in [0.4, 0.5) is 4.79 Å². The number of nitrogens with one attached hydrogen (secondary N) is 2. The third-order valence-corrected chi connectivity index (χ3v) is 3.04. The summed E-state index contributed by atoms with van der Waals surface area (Å²) in [7, 11) is 0. The van der Waals surface area contributed by atoms with Crippen molar-refractivity contribution in [1.82, 2.24) is 10.6 Å². The number of aliphatic hydroxyl groups excluding tert-OH is 1. The largest absolute Gasteiger partial charge is 0.473 e. The number of rotatable bonds is 5. The van der Waals surface area contributed by atoms with Gasteiger partial charge in [-0.15, -0.1) is 0 Å². The van der Waals surface area contributed by atoms with E-state index >= 15 is 0 Å². The zero-order chi connectivity index (χ0) is 14.4. The molecule has 0 aliphatic carbocycles. The quantitative estimate of drug-likeness (QED) is 0.725. The SMILES string of the molecule is Cc1cc(OCNC(=O)NCC(C)O)cc(C)c1Cl. The molecule has 1 unspecified atom stereocenters. The lowest BCUT2D eigenvalue weighted by Gasteiger charge is -2.12. The summed E-state index contributed by atoms with van der Waals surface area (Å²) >= 11 is 6.05. The van der Waals surface area contributed by atoms with E-state index < -0.39 is 6.10 Å². The van der Waals surface area contributed by atoms with Crippen LogP contribution in [-0.4, -0.2) is 30.5 Å². The van der Waals surface area contributed by atoms with Crippen molar-refractivity contribution >= 4 is 17.6 Å². The number of carbonyl (C=O) groups excluding carboxylic acids is 1. The van der Waals surface area contributed by atoms with Gasteiger partial charge < -0.3 is 20.5 Å². The van der Waals surface area contributed by atoms with Crippen LogP contribution in [-0.2, 0) is 0 Å². The van der Waals surface area contributed by atoms with E-state index in [9.17, 15) is 4.79 Å². The number of aryl methyl sites for hydroxylation is 2. The predicted octanol–water partition coefficient (Wildman–Crippen LogP) is 1.97. The van der Waals surface area contributed by atoms with Crippen molar-refractivity contribution in [2.24, 2.45) is 0 Å². The highest BCUT2D eigenvalue weighted by Gasteiger charge is 2.05. The highest BCUT2D eigenvalue weighted by Crippen LogP contribution is 2.25. The molecule has 5 nitrogen and oxygen atoms in total. The molecule has 1 rings (SSSR count). The molecule has 0 aromatic heterocycles. The molecule has 106 valence electrons. The molecule has 3 N–H and O–H groups in total. The average Bonchev–Trinajstić information content (AvgIpc) is 2.33. The van der Waals surface area contributed by atoms with E-state index in [4.69, 9.17) is 21.4 Å². The van der Waals surface area contributed by atoms with Crippen LogP contribution >= 0.6 is 11.6 Å². The Morgan fingerprint density at radius 3 is 2.47 bits per heavy atom. The molecule has 1 aromatic rings. The summed E-state index contributed by atoms with van der Waals surface area (Å²) in [6.45, 7) is 5.63. The highest BCUT2D eigenvalue weighted by atomic mass is 35.5. The number of amides is 2. The third-order valence-electron chi connectivity index (χ3n) is 2.44. The molecule has 0 saturated heterocycles. The van der Waals surface area contributed by atoms with Crippen LogP contribution in [0.2, 0.25) is 5.02 Å². The van der Waals surface area contributed by atoms with Gasteiger partial charge in [0.05, 0.1) is 6.10 Å². The Bertz CT molecular complexity index is 427. The van der Waals surface area contributed by atoms with E-state index in [1.54, 1.807) is 6.92 Å². The summed E-state index contributed by atoms with van der Waals surface area (Å²) in [6, 6.07) is 3.23. The number of carbonyl (C=O) groups is 1. The maximum Gasteiger partial charge on any atom is 0.317 e. The Hall–Kier alpha value is -1.46. The van der Waals surface area contributed by atoms with Gasteiger partial charge in [-0.05, 0) is 44.0 Å². The minimum atomic E-state index is -0.576. The smallest absolute Gasteiger partial charge is 0.317 e. The fourth-order valence-corrected chi connectivity index (χ4v) is 1.59. The van der Waals surface area contributed by atoms with E-state index in [-0.39, 0.29) is 19.3 Å². The van der Waals surface area contributed by atoms with Crippen molar-refractivity contribution < 1.29 is 14.6 Å². The topological polar surface area (TPSA) is 70.6 Å². The molecule has 1 aromatic carbocycles. The maximum absolute atomic E-state index is 11.3. The number of hydrogen-bond donors (Lipinski definition) is 3. The number of hydrogen-bond acceptors (Lipinski definition) is 3. The second-order valence-electron chi connectivity index (χ2n) is 4.40. The third kappa shape index (κ3) is 5.36. The zero-order valence-electron chi connectivity index (χ0n) is 11.3. The molecule has 0 aliphatic heterocycles. The van der Waals surface area contributed by atoms with E-state index in [1.165, 1.54) is 0 Å². The highest BCUT2D eigenvalue weighted by molar-refractivity contribution is 6.32. The molecule has 0 saturated carbocycles. The van der Waals surface area contributed by atoms with Crippen LogP contribution in [0, 0.1) is 13.8 Å². The van der Waals surface area contributed by atoms with Gasteiger partial charge in [-0.1, -0.05) is 11.6 Å². The first-order chi connectivity index (χ1) is 8.90. The molecule has 1 atom stereocenters. The predicted molar refractivity (Wildman–Crippen MR) is 74.6 cm³/mol. The number of urea groups is 1. The average molecular weight is 287 g/mol. The first kappa shape index (κ1) is 15.6. The van der Waals surface area contributed by atoms with E-state index in [2.05, 4.69) is 10.6 Å². The minimum absolute atomic E-state index is 0.0478. The van der Waals surface area contributed by atoms with Gasteiger partial charge in [0.2, 0.25) is 0 Å². The fourth-order valence-electron chi connectivity index (χ4n) is 1.48. The Labute approximate surface area is 117 Å². The van der Waals surface area contributed by atoms with Gasteiger partial charge in [0.15, 0.2) is 6.73 Å². The number of aliphatic hydroxyl groups is 1. The summed E-state index contributed by atoms with van der Waals surface area (Å²) in [5.41, 5.74) is 1.85. The van der Waals surface area contributed by atoms with Gasteiger partial charge in [0.25, 0.3) is 0 Å². The molecule has 6 heteroatoms. The van der Waals surface area contributed by atoms with E-state index in [0.717, 1.165) is 16.1 Å². The molecule has 0 aliphatic rings. The molecule has 0 spiro atoms. The molecular weight excluding hydrogens is 268 g/mol. The van der Waals surface area contributed by atoms with Crippen molar-refractivity contribution in [2.45, 2.75) is 26.9 Å². The molecule has 0 radical (unpaired) electrons. The van der Waals surface area contributed by atoms with Crippen molar-refractivity contribution in [3.63, 3.8) is 0 Å². The maximum atomic E-state index is 11.3. The molecular formula is C13H19ClN2O3. The molecule has 2 amide bonds. The van der Waals surface area contributed by atoms with Gasteiger partial charge in [0.1, 0.15) is 5.75 Å². The van der Waals surface area contributed by atoms with Crippen molar-refractivity contribution in [3.05, 3.63) is 28.3 Å². The number of ether oxygens (including phenoxy) is 1. The van der Waals surface area contributed by atoms with Crippen LogP contribution in [0.15, 0.2) is 12.1 Å². The second kappa shape index (κ2) is 7.21. The first-order valence-electron chi connectivity index (χ1n) is 5.99. The summed E-state index contributed by atoms with van der Waals surface area (Å²) in [5, 5.41) is 14.7. The summed E-state index contributed by atoms with van der Waals surface area (Å²) < 4.78 is 5.41. The minimum Gasteiger partial charge on any atom is -0.473 e. The van der Waals surface area contributed by atoms with Crippen molar-refractivity contribution in [2.75, 3.05) is 13.3 Å². The first-order valence-corrected chi connectivity index (χ1v) is 6.37. The van der Waals surface area contributed by atoms with Crippen LogP contribution in [0.1, 0.15) is 18.1 Å². The van der Waals surface area contributed by atoms with Gasteiger partial charge >= 0.3 is 6.03 Å². The summed E-state index contributed by atoms with van der Waals surface area (Å²) in [5.74, 6) is 0.648. The Balaban J connectivity index is 2.39. The van der Waals surface area contributed by atoms with Crippen molar-refractivity contribution in [3.8, 4) is 5.75 Å². The van der Waals surface area contributed by atoms with E-state index in [0.29, 0.717) is 5.75 Å². The van der Waals surface area contributed by atoms with Crippen LogP contribution < -0.4 is 15.4 Å². The molecule has 0 heterocycles. The zero-order valence-corrected chi connectivity index (χ0v) is 12.0. The lowest BCUT2D eigenvalue weighted by Crippen LogP contribution is -2.40. The standard InChI is InChI=1S/C13H19ClN2O3/c1-8-4-11(5-9(2)12(8)14)19-7-16-13(18)15-6-10(3)17/h4-5,10,17H,6-7H2,1-3H3,(H2,15,16,18). The second-order valence-corrected chi connectivity index (χ2v) is 4.77. The Kier molecular flexibility index (Phi) is 5.92. The van der Waals surface area contributed by atoms with E-state index in [1.807, 2.05) is 26.0 Å². The molecule has 19 heavy (non-hydrogen) atoms. The molecule has 0 fully saturated rings. The Morgan fingerprint density at radius 1 is 1.37 bits per heavy atom. The number of benzene rings is 1. The lowest BCUT2D eigenvalue weighted by molar-refractivity contribution is 0.184. The van der Waals surface area contributed by atoms with Gasteiger partial charge in [-0.3, -0.25) is 0 Å². The van der Waals surface area contributed by atoms with Gasteiger partial charge in [0, 0.05) is 11.6 Å². The van der Waals surface area contributed by atoms with Gasteiger partial charge in [-0.25, -0.2) is 4.79 Å². The van der Waals surface area contributed by atoms with Crippen molar-refractivity contribution in [1.29, 1.82) is 0 Å². The van der Waals surface area contributed by atoms with Gasteiger partial charge in [-0.2, -0.15) is 0 Å². The van der Waals surface area contributed by atoms with Crippen LogP contribution in [0.5, 0.6) is 5.75 Å². The monoisotopic (exact) mass is 286 g/mol. The van der Waals surface area contributed by atoms with Crippen LogP contribution in [0.25, 0.3) is 0 Å². The summed E-state index contributed by atoms with van der Waals surface area (Å²) in [4.78, 5) is 11.3.